The monoisotopic (exact) mass is 358 g/mol. The van der Waals surface area contributed by atoms with E-state index in [9.17, 15) is 9.59 Å². The van der Waals surface area contributed by atoms with Crippen LogP contribution in [-0.4, -0.2) is 67.9 Å². The Morgan fingerprint density at radius 2 is 1.73 bits per heavy atom. The van der Waals surface area contributed by atoms with Gasteiger partial charge in [0.25, 0.3) is 5.91 Å². The molecule has 2 amide bonds. The zero-order chi connectivity index (χ0) is 18.4. The lowest BCUT2D eigenvalue weighted by Gasteiger charge is -2.32. The van der Waals surface area contributed by atoms with Crippen LogP contribution < -0.4 is 10.6 Å². The van der Waals surface area contributed by atoms with E-state index in [0.29, 0.717) is 17.9 Å². The van der Waals surface area contributed by atoms with Gasteiger partial charge in [-0.25, -0.2) is 0 Å². The van der Waals surface area contributed by atoms with Gasteiger partial charge in [0.15, 0.2) is 0 Å². The second-order valence-corrected chi connectivity index (χ2v) is 7.45. The Balaban J connectivity index is 1.46. The Labute approximate surface area is 155 Å². The highest BCUT2D eigenvalue weighted by atomic mass is 16.2. The molecule has 2 aliphatic rings. The van der Waals surface area contributed by atoms with E-state index in [0.717, 1.165) is 64.2 Å². The summed E-state index contributed by atoms with van der Waals surface area (Å²) in [5, 5.41) is 6.30. The van der Waals surface area contributed by atoms with Crippen LogP contribution in [0.3, 0.4) is 0 Å². The van der Waals surface area contributed by atoms with Crippen LogP contribution in [0.25, 0.3) is 0 Å². The molecule has 0 bridgehead atoms. The van der Waals surface area contributed by atoms with E-state index in [1.54, 1.807) is 0 Å². The minimum atomic E-state index is 0.0571. The van der Waals surface area contributed by atoms with E-state index in [-0.39, 0.29) is 11.8 Å². The molecule has 2 heterocycles. The smallest absolute Gasteiger partial charge is 0.253 e. The first kappa shape index (κ1) is 18.9. The van der Waals surface area contributed by atoms with E-state index in [1.807, 2.05) is 29.2 Å². The third-order valence-electron chi connectivity index (χ3n) is 5.44. The van der Waals surface area contributed by atoms with Crippen molar-refractivity contribution in [1.29, 1.82) is 0 Å². The van der Waals surface area contributed by atoms with Gasteiger partial charge >= 0.3 is 0 Å². The maximum absolute atomic E-state index is 12.5. The van der Waals surface area contributed by atoms with Gasteiger partial charge in [-0.3, -0.25) is 9.59 Å². The molecule has 1 aromatic rings. The number of nitrogens with zero attached hydrogens (tertiary/aromatic N) is 2. The standard InChI is InChI=1S/C20H30N4O2/c1-23-12-14-24(15-13-23)20(26)17-3-5-18(6-4-17)22-19(25)7-2-16-8-10-21-11-9-16/h3-6,16,21H,2,7-15H2,1H3,(H,22,25). The topological polar surface area (TPSA) is 64.7 Å². The van der Waals surface area contributed by atoms with E-state index in [1.165, 1.54) is 0 Å². The number of amides is 2. The Hall–Kier alpha value is -1.92. The maximum atomic E-state index is 12.5. The van der Waals surface area contributed by atoms with Gasteiger partial charge in [-0.05, 0) is 69.6 Å². The lowest BCUT2D eigenvalue weighted by atomic mass is 9.93. The summed E-state index contributed by atoms with van der Waals surface area (Å²) in [5.41, 5.74) is 1.44. The summed E-state index contributed by atoms with van der Waals surface area (Å²) < 4.78 is 0. The van der Waals surface area contributed by atoms with Crippen molar-refractivity contribution < 1.29 is 9.59 Å². The number of piperidine rings is 1. The van der Waals surface area contributed by atoms with Crippen molar-refractivity contribution in [3.63, 3.8) is 0 Å². The minimum Gasteiger partial charge on any atom is -0.336 e. The Bertz CT molecular complexity index is 603. The molecule has 2 aliphatic heterocycles. The lowest BCUT2D eigenvalue weighted by Crippen LogP contribution is -2.47. The van der Waals surface area contributed by atoms with Gasteiger partial charge in [-0.2, -0.15) is 0 Å². The average molecular weight is 358 g/mol. The van der Waals surface area contributed by atoms with Gasteiger partial charge < -0.3 is 20.4 Å². The summed E-state index contributed by atoms with van der Waals surface area (Å²) in [6.07, 6.45) is 3.84. The van der Waals surface area contributed by atoms with Crippen LogP contribution >= 0.6 is 0 Å². The van der Waals surface area contributed by atoms with Gasteiger partial charge in [0, 0.05) is 43.9 Å². The zero-order valence-electron chi connectivity index (χ0n) is 15.7. The summed E-state index contributed by atoms with van der Waals surface area (Å²) in [6.45, 7) is 5.49. The van der Waals surface area contributed by atoms with Crippen LogP contribution in [0.1, 0.15) is 36.0 Å². The van der Waals surface area contributed by atoms with Crippen LogP contribution in [0.15, 0.2) is 24.3 Å². The van der Waals surface area contributed by atoms with Gasteiger partial charge in [0.1, 0.15) is 0 Å². The number of hydrogen-bond donors (Lipinski definition) is 2. The fraction of sp³-hybridized carbons (Fsp3) is 0.600. The van der Waals surface area contributed by atoms with Gasteiger partial charge in [0.2, 0.25) is 5.91 Å². The predicted molar refractivity (Wildman–Crippen MR) is 103 cm³/mol. The molecule has 6 heteroatoms. The molecular formula is C20H30N4O2. The van der Waals surface area contributed by atoms with Crippen LogP contribution in [0.4, 0.5) is 5.69 Å². The summed E-state index contributed by atoms with van der Waals surface area (Å²) in [6, 6.07) is 7.27. The molecule has 1 aromatic carbocycles. The molecule has 3 rings (SSSR count). The van der Waals surface area contributed by atoms with E-state index >= 15 is 0 Å². The van der Waals surface area contributed by atoms with Crippen LogP contribution in [-0.2, 0) is 4.79 Å². The fourth-order valence-electron chi connectivity index (χ4n) is 3.62. The second-order valence-electron chi connectivity index (χ2n) is 7.45. The highest BCUT2D eigenvalue weighted by Crippen LogP contribution is 2.19. The molecule has 0 unspecified atom stereocenters. The summed E-state index contributed by atoms with van der Waals surface area (Å²) in [7, 11) is 2.07. The molecule has 0 atom stereocenters. The molecule has 0 aliphatic carbocycles. The fourth-order valence-corrected chi connectivity index (χ4v) is 3.62. The number of carbonyl (C=O) groups is 2. The highest BCUT2D eigenvalue weighted by Gasteiger charge is 2.20. The molecule has 0 aromatic heterocycles. The van der Waals surface area contributed by atoms with E-state index in [2.05, 4.69) is 22.6 Å². The number of rotatable bonds is 5. The summed E-state index contributed by atoms with van der Waals surface area (Å²) in [5.74, 6) is 0.786. The van der Waals surface area contributed by atoms with Crippen LogP contribution in [0.5, 0.6) is 0 Å². The number of benzene rings is 1. The first-order chi connectivity index (χ1) is 12.6. The predicted octanol–water partition coefficient (Wildman–Crippen LogP) is 1.79. The Kier molecular flexibility index (Phi) is 6.63. The van der Waals surface area contributed by atoms with E-state index < -0.39 is 0 Å². The van der Waals surface area contributed by atoms with Gasteiger partial charge in [0.05, 0.1) is 0 Å². The molecule has 26 heavy (non-hydrogen) atoms. The van der Waals surface area contributed by atoms with Crippen molar-refractivity contribution in [3.8, 4) is 0 Å². The van der Waals surface area contributed by atoms with Crippen molar-refractivity contribution in [1.82, 2.24) is 15.1 Å². The maximum Gasteiger partial charge on any atom is 0.253 e. The largest absolute Gasteiger partial charge is 0.336 e. The highest BCUT2D eigenvalue weighted by molar-refractivity contribution is 5.95. The van der Waals surface area contributed by atoms with Crippen LogP contribution in [0, 0.1) is 5.92 Å². The van der Waals surface area contributed by atoms with Crippen molar-refractivity contribution in [2.24, 2.45) is 5.92 Å². The number of hydrogen-bond acceptors (Lipinski definition) is 4. The lowest BCUT2D eigenvalue weighted by molar-refractivity contribution is -0.116. The normalized spacial score (nSPS) is 19.3. The Morgan fingerprint density at radius 1 is 1.08 bits per heavy atom. The number of anilines is 1. The first-order valence-corrected chi connectivity index (χ1v) is 9.70. The number of carbonyl (C=O) groups excluding carboxylic acids is 2. The molecule has 2 saturated heterocycles. The van der Waals surface area contributed by atoms with Crippen molar-refractivity contribution >= 4 is 17.5 Å². The zero-order valence-corrected chi connectivity index (χ0v) is 15.7. The van der Waals surface area contributed by atoms with Gasteiger partial charge in [-0.1, -0.05) is 0 Å². The van der Waals surface area contributed by atoms with Gasteiger partial charge in [-0.15, -0.1) is 0 Å². The first-order valence-electron chi connectivity index (χ1n) is 9.70. The van der Waals surface area contributed by atoms with Crippen molar-refractivity contribution in [3.05, 3.63) is 29.8 Å². The second kappa shape index (κ2) is 9.14. The Morgan fingerprint density at radius 3 is 2.38 bits per heavy atom. The third-order valence-corrected chi connectivity index (χ3v) is 5.44. The molecular weight excluding hydrogens is 328 g/mol. The van der Waals surface area contributed by atoms with E-state index in [4.69, 9.17) is 0 Å². The summed E-state index contributed by atoms with van der Waals surface area (Å²) in [4.78, 5) is 28.8. The number of piperazine rings is 1. The van der Waals surface area contributed by atoms with Crippen molar-refractivity contribution in [2.45, 2.75) is 25.7 Å². The molecule has 2 fully saturated rings. The summed E-state index contributed by atoms with van der Waals surface area (Å²) >= 11 is 0. The third kappa shape index (κ3) is 5.29. The SMILES string of the molecule is CN1CCN(C(=O)c2ccc(NC(=O)CCC3CCNCC3)cc2)CC1. The molecule has 0 saturated carbocycles. The molecule has 6 nitrogen and oxygen atoms in total. The molecule has 0 radical (unpaired) electrons. The number of nitrogens with one attached hydrogen (secondary N) is 2. The molecule has 0 spiro atoms. The molecule has 142 valence electrons. The molecule has 2 N–H and O–H groups in total. The number of likely N-dealkylation sites (N-methyl/N-ethyl adjacent to an activating group) is 1. The minimum absolute atomic E-state index is 0.0571. The average Bonchev–Trinajstić information content (AvgIpc) is 2.68. The van der Waals surface area contributed by atoms with Crippen LogP contribution in [0.2, 0.25) is 0 Å². The van der Waals surface area contributed by atoms with Crippen molar-refractivity contribution in [2.75, 3.05) is 51.6 Å². The quantitative estimate of drug-likeness (QED) is 0.842.